The zero-order valence-corrected chi connectivity index (χ0v) is 10.4. The van der Waals surface area contributed by atoms with Crippen LogP contribution in [0.3, 0.4) is 0 Å². The highest BCUT2D eigenvalue weighted by Crippen LogP contribution is 2.37. The summed E-state index contributed by atoms with van der Waals surface area (Å²) in [5, 5.41) is 10.9. The van der Waals surface area contributed by atoms with Crippen LogP contribution in [0, 0.1) is 0 Å². The zero-order valence-electron chi connectivity index (χ0n) is 9.62. The van der Waals surface area contributed by atoms with Crippen molar-refractivity contribution in [3.05, 3.63) is 24.0 Å². The molecule has 0 saturated carbocycles. The third kappa shape index (κ3) is 1.92. The molecule has 0 aliphatic carbocycles. The van der Waals surface area contributed by atoms with Gasteiger partial charge in [-0.1, -0.05) is 13.3 Å². The van der Waals surface area contributed by atoms with Crippen LogP contribution in [0.2, 0.25) is 0 Å². The lowest BCUT2D eigenvalue weighted by atomic mass is 10.1. The van der Waals surface area contributed by atoms with Gasteiger partial charge < -0.3 is 9.52 Å². The lowest BCUT2D eigenvalue weighted by Crippen LogP contribution is -1.88. The van der Waals surface area contributed by atoms with E-state index in [9.17, 15) is 5.11 Å². The second kappa shape index (κ2) is 4.83. The second-order valence-corrected chi connectivity index (χ2v) is 4.70. The first-order chi connectivity index (χ1) is 7.77. The highest BCUT2D eigenvalue weighted by Gasteiger charge is 2.12. The first kappa shape index (κ1) is 11.4. The van der Waals surface area contributed by atoms with Crippen LogP contribution in [0.15, 0.2) is 27.7 Å². The molecule has 0 bridgehead atoms. The normalized spacial score (nSPS) is 11.1. The van der Waals surface area contributed by atoms with Gasteiger partial charge in [0, 0.05) is 0 Å². The topological polar surface area (TPSA) is 33.4 Å². The van der Waals surface area contributed by atoms with Gasteiger partial charge in [0.05, 0.1) is 16.5 Å². The number of furan rings is 1. The highest BCUT2D eigenvalue weighted by atomic mass is 32.2. The molecule has 0 fully saturated rings. The smallest absolute Gasteiger partial charge is 0.151 e. The van der Waals surface area contributed by atoms with Gasteiger partial charge >= 0.3 is 0 Å². The van der Waals surface area contributed by atoms with Gasteiger partial charge in [0.2, 0.25) is 0 Å². The van der Waals surface area contributed by atoms with E-state index in [0.717, 1.165) is 40.7 Å². The fraction of sp³-hybridized carbons (Fsp3) is 0.385. The van der Waals surface area contributed by atoms with Crippen LogP contribution in [0.1, 0.15) is 25.3 Å². The summed E-state index contributed by atoms with van der Waals surface area (Å²) in [6.07, 6.45) is 6.82. The van der Waals surface area contributed by atoms with Crippen molar-refractivity contribution >= 4 is 22.7 Å². The average molecular weight is 236 g/mol. The number of hydrogen-bond donors (Lipinski definition) is 1. The van der Waals surface area contributed by atoms with Crippen molar-refractivity contribution in [3.63, 3.8) is 0 Å². The Morgan fingerprint density at radius 2 is 2.25 bits per heavy atom. The molecule has 0 amide bonds. The van der Waals surface area contributed by atoms with Crippen molar-refractivity contribution in [2.75, 3.05) is 6.26 Å². The number of fused-ring (bicyclic) bond motifs is 1. The van der Waals surface area contributed by atoms with Gasteiger partial charge in [0.25, 0.3) is 0 Å². The lowest BCUT2D eigenvalue weighted by Gasteiger charge is -2.07. The van der Waals surface area contributed by atoms with E-state index < -0.39 is 0 Å². The fourth-order valence-electron chi connectivity index (χ4n) is 1.86. The molecule has 0 unspecified atom stereocenters. The van der Waals surface area contributed by atoms with Crippen molar-refractivity contribution in [1.82, 2.24) is 0 Å². The number of phenolic OH excluding ortho intramolecular Hbond substituents is 1. The average Bonchev–Trinajstić information content (AvgIpc) is 2.78. The van der Waals surface area contributed by atoms with Crippen LogP contribution in [0.5, 0.6) is 5.75 Å². The Morgan fingerprint density at radius 1 is 1.44 bits per heavy atom. The molecule has 16 heavy (non-hydrogen) atoms. The van der Waals surface area contributed by atoms with E-state index in [1.165, 1.54) is 0 Å². The molecule has 1 heterocycles. The van der Waals surface area contributed by atoms with Gasteiger partial charge in [0.15, 0.2) is 5.58 Å². The molecule has 2 aromatic rings. The Kier molecular flexibility index (Phi) is 3.44. The third-order valence-corrected chi connectivity index (χ3v) is 3.52. The maximum absolute atomic E-state index is 10.1. The quantitative estimate of drug-likeness (QED) is 0.807. The summed E-state index contributed by atoms with van der Waals surface area (Å²) in [5.74, 6) is 0.384. The van der Waals surface area contributed by atoms with Gasteiger partial charge in [-0.25, -0.2) is 0 Å². The fourth-order valence-corrected chi connectivity index (χ4v) is 2.46. The molecule has 0 saturated heterocycles. The number of thioether (sulfide) groups is 1. The summed E-state index contributed by atoms with van der Waals surface area (Å²) in [5.41, 5.74) is 1.82. The molecule has 0 aliphatic rings. The Morgan fingerprint density at radius 3 is 2.94 bits per heavy atom. The van der Waals surface area contributed by atoms with E-state index in [4.69, 9.17) is 4.42 Å². The Labute approximate surface area is 99.6 Å². The maximum atomic E-state index is 10.1. The van der Waals surface area contributed by atoms with Crippen LogP contribution in [-0.4, -0.2) is 11.4 Å². The molecule has 1 N–H and O–H groups in total. The van der Waals surface area contributed by atoms with Crippen molar-refractivity contribution in [3.8, 4) is 5.75 Å². The van der Waals surface area contributed by atoms with Crippen molar-refractivity contribution in [2.24, 2.45) is 0 Å². The molecule has 0 radical (unpaired) electrons. The molecule has 86 valence electrons. The second-order valence-electron chi connectivity index (χ2n) is 3.85. The number of unbranched alkanes of at least 4 members (excludes halogenated alkanes) is 1. The zero-order chi connectivity index (χ0) is 11.5. The van der Waals surface area contributed by atoms with Crippen LogP contribution >= 0.6 is 11.8 Å². The minimum Gasteiger partial charge on any atom is -0.507 e. The summed E-state index contributed by atoms with van der Waals surface area (Å²) in [4.78, 5) is 1.10. The number of aromatic hydroxyl groups is 1. The third-order valence-electron chi connectivity index (χ3n) is 2.77. The summed E-state index contributed by atoms with van der Waals surface area (Å²) < 4.78 is 5.40. The number of aryl methyl sites for hydroxylation is 1. The standard InChI is InChI=1S/C13H16O2S/c1-3-4-5-9-8-11(16-2)13-10(12(9)14)6-7-15-13/h6-8,14H,3-5H2,1-2H3. The lowest BCUT2D eigenvalue weighted by molar-refractivity contribution is 0.472. The van der Waals surface area contributed by atoms with Crippen molar-refractivity contribution in [1.29, 1.82) is 0 Å². The maximum Gasteiger partial charge on any atom is 0.151 e. The molecule has 1 aromatic heterocycles. The first-order valence-corrected chi connectivity index (χ1v) is 6.76. The molecular weight excluding hydrogens is 220 g/mol. The van der Waals surface area contributed by atoms with E-state index in [1.54, 1.807) is 18.0 Å². The van der Waals surface area contributed by atoms with Crippen LogP contribution in [-0.2, 0) is 6.42 Å². The molecule has 1 aromatic carbocycles. The van der Waals surface area contributed by atoms with Crippen molar-refractivity contribution < 1.29 is 9.52 Å². The van der Waals surface area contributed by atoms with E-state index in [0.29, 0.717) is 5.75 Å². The molecule has 0 aliphatic heterocycles. The number of benzene rings is 1. The summed E-state index contributed by atoms with van der Waals surface area (Å²) in [7, 11) is 0. The Bertz CT molecular complexity index is 488. The minimum atomic E-state index is 0.384. The van der Waals surface area contributed by atoms with Crippen LogP contribution in [0.25, 0.3) is 11.0 Å². The van der Waals surface area contributed by atoms with E-state index in [-0.39, 0.29) is 0 Å². The predicted octanol–water partition coefficient (Wildman–Crippen LogP) is 4.20. The van der Waals surface area contributed by atoms with Gasteiger partial charge in [-0.3, -0.25) is 0 Å². The van der Waals surface area contributed by atoms with E-state index in [2.05, 4.69) is 6.92 Å². The SMILES string of the molecule is CCCCc1cc(SC)c2occc2c1O. The van der Waals surface area contributed by atoms with Crippen LogP contribution in [0.4, 0.5) is 0 Å². The number of phenols is 1. The molecular formula is C13H16O2S. The van der Waals surface area contributed by atoms with Gasteiger partial charge in [-0.2, -0.15) is 0 Å². The summed E-state index contributed by atoms with van der Waals surface area (Å²) >= 11 is 1.65. The first-order valence-electron chi connectivity index (χ1n) is 5.54. The van der Waals surface area contributed by atoms with Crippen LogP contribution < -0.4 is 0 Å². The number of rotatable bonds is 4. The molecule has 0 spiro atoms. The predicted molar refractivity (Wildman–Crippen MR) is 68.3 cm³/mol. The summed E-state index contributed by atoms with van der Waals surface area (Å²) in [6, 6.07) is 3.88. The monoisotopic (exact) mass is 236 g/mol. The Balaban J connectivity index is 2.52. The molecule has 2 nitrogen and oxygen atoms in total. The van der Waals surface area contributed by atoms with Crippen molar-refractivity contribution in [2.45, 2.75) is 31.1 Å². The van der Waals surface area contributed by atoms with Gasteiger partial charge in [-0.15, -0.1) is 11.8 Å². The number of hydrogen-bond acceptors (Lipinski definition) is 3. The highest BCUT2D eigenvalue weighted by molar-refractivity contribution is 7.98. The van der Waals surface area contributed by atoms with E-state index in [1.807, 2.05) is 18.4 Å². The van der Waals surface area contributed by atoms with E-state index >= 15 is 0 Å². The van der Waals surface area contributed by atoms with Gasteiger partial charge in [0.1, 0.15) is 5.75 Å². The summed E-state index contributed by atoms with van der Waals surface area (Å²) in [6.45, 7) is 2.16. The molecule has 3 heteroatoms. The Hall–Kier alpha value is -1.09. The largest absolute Gasteiger partial charge is 0.507 e. The van der Waals surface area contributed by atoms with Gasteiger partial charge in [-0.05, 0) is 36.8 Å². The molecule has 2 rings (SSSR count). The minimum absolute atomic E-state index is 0.384. The molecule has 0 atom stereocenters.